The zero-order valence-electron chi connectivity index (χ0n) is 16.1. The second-order valence-electron chi connectivity index (χ2n) is 7.40. The molecule has 0 atom stereocenters. The van der Waals surface area contributed by atoms with Crippen molar-refractivity contribution in [3.05, 3.63) is 64.7 Å². The van der Waals surface area contributed by atoms with E-state index < -0.39 is 0 Å². The van der Waals surface area contributed by atoms with Crippen LogP contribution in [0.25, 0.3) is 0 Å². The number of carbonyl (C=O) groups is 2. The van der Waals surface area contributed by atoms with Gasteiger partial charge in [0.25, 0.3) is 11.8 Å². The summed E-state index contributed by atoms with van der Waals surface area (Å²) in [6.07, 6.45) is 0.846. The van der Waals surface area contributed by atoms with E-state index in [-0.39, 0.29) is 11.8 Å². The molecule has 0 aliphatic carbocycles. The Balaban J connectivity index is 1.33. The number of hydrogen-bond acceptors (Lipinski definition) is 4. The van der Waals surface area contributed by atoms with Gasteiger partial charge in [-0.15, -0.1) is 0 Å². The fraction of sp³-hybridized carbons (Fsp3) is 0.364. The Kier molecular flexibility index (Phi) is 5.30. The number of nitrogens with one attached hydrogen (secondary N) is 1. The van der Waals surface area contributed by atoms with Gasteiger partial charge in [0.1, 0.15) is 5.75 Å². The Morgan fingerprint density at radius 3 is 2.46 bits per heavy atom. The van der Waals surface area contributed by atoms with Crippen molar-refractivity contribution < 1.29 is 14.3 Å². The number of benzene rings is 2. The molecule has 6 heteroatoms. The Labute approximate surface area is 165 Å². The van der Waals surface area contributed by atoms with Crippen molar-refractivity contribution in [2.75, 3.05) is 39.8 Å². The number of ether oxygens (including phenoxy) is 1. The van der Waals surface area contributed by atoms with Crippen molar-refractivity contribution in [2.45, 2.75) is 13.0 Å². The fourth-order valence-corrected chi connectivity index (χ4v) is 3.57. The van der Waals surface area contributed by atoms with Crippen LogP contribution in [0.1, 0.15) is 31.8 Å². The van der Waals surface area contributed by atoms with Crippen molar-refractivity contribution in [3.8, 4) is 5.75 Å². The maximum atomic E-state index is 12.6. The fourth-order valence-electron chi connectivity index (χ4n) is 3.57. The molecule has 2 amide bonds. The molecule has 4 rings (SSSR count). The third-order valence-electron chi connectivity index (χ3n) is 5.40. The van der Waals surface area contributed by atoms with Crippen LogP contribution in [0.2, 0.25) is 0 Å². The molecular formula is C22H25N3O3. The summed E-state index contributed by atoms with van der Waals surface area (Å²) in [4.78, 5) is 29.1. The van der Waals surface area contributed by atoms with Gasteiger partial charge in [0.05, 0.1) is 6.61 Å². The van der Waals surface area contributed by atoms with Crippen molar-refractivity contribution in [1.29, 1.82) is 0 Å². The summed E-state index contributed by atoms with van der Waals surface area (Å²) in [5.74, 6) is 0.841. The lowest BCUT2D eigenvalue weighted by atomic mass is 10.1. The molecule has 1 N–H and O–H groups in total. The number of amides is 2. The number of rotatable bonds is 4. The monoisotopic (exact) mass is 379 g/mol. The maximum Gasteiger partial charge on any atom is 0.253 e. The van der Waals surface area contributed by atoms with Crippen molar-refractivity contribution in [3.63, 3.8) is 0 Å². The van der Waals surface area contributed by atoms with Crippen molar-refractivity contribution in [2.24, 2.45) is 0 Å². The van der Waals surface area contributed by atoms with E-state index in [9.17, 15) is 9.59 Å². The Morgan fingerprint density at radius 1 is 1.00 bits per heavy atom. The zero-order valence-corrected chi connectivity index (χ0v) is 16.1. The third-order valence-corrected chi connectivity index (χ3v) is 5.40. The van der Waals surface area contributed by atoms with Crippen LogP contribution in [0.3, 0.4) is 0 Å². The molecular weight excluding hydrogens is 354 g/mol. The minimum Gasteiger partial charge on any atom is -0.493 e. The maximum absolute atomic E-state index is 12.6. The molecule has 146 valence electrons. The van der Waals surface area contributed by atoms with Gasteiger partial charge in [-0.25, -0.2) is 0 Å². The van der Waals surface area contributed by atoms with Gasteiger partial charge >= 0.3 is 0 Å². The van der Waals surface area contributed by atoms with Gasteiger partial charge in [0.2, 0.25) is 0 Å². The van der Waals surface area contributed by atoms with Crippen LogP contribution in [-0.4, -0.2) is 61.4 Å². The number of hydrogen-bond donors (Lipinski definition) is 1. The average Bonchev–Trinajstić information content (AvgIpc) is 3.20. The van der Waals surface area contributed by atoms with Crippen LogP contribution in [0.15, 0.2) is 42.5 Å². The van der Waals surface area contributed by atoms with Crippen LogP contribution in [0.5, 0.6) is 5.75 Å². The summed E-state index contributed by atoms with van der Waals surface area (Å²) in [5.41, 5.74) is 3.39. The molecule has 2 aliphatic heterocycles. The predicted molar refractivity (Wildman–Crippen MR) is 107 cm³/mol. The minimum absolute atomic E-state index is 0.0732. The normalized spacial score (nSPS) is 16.4. The number of fused-ring (bicyclic) bond motifs is 1. The molecule has 2 aromatic rings. The number of likely N-dealkylation sites (N-methyl/N-ethyl adjacent to an activating group) is 1. The van der Waals surface area contributed by atoms with Gasteiger partial charge in [0, 0.05) is 50.3 Å². The molecule has 0 radical (unpaired) electrons. The molecule has 0 spiro atoms. The van der Waals surface area contributed by atoms with Gasteiger partial charge in [-0.1, -0.05) is 12.1 Å². The average molecular weight is 379 g/mol. The van der Waals surface area contributed by atoms with E-state index in [0.717, 1.165) is 49.5 Å². The summed E-state index contributed by atoms with van der Waals surface area (Å²) in [6.45, 7) is 4.45. The lowest BCUT2D eigenvalue weighted by Gasteiger charge is -2.32. The molecule has 28 heavy (non-hydrogen) atoms. The van der Waals surface area contributed by atoms with Crippen LogP contribution in [-0.2, 0) is 13.0 Å². The smallest absolute Gasteiger partial charge is 0.253 e. The lowest BCUT2D eigenvalue weighted by molar-refractivity contribution is 0.0664. The van der Waals surface area contributed by atoms with E-state index >= 15 is 0 Å². The largest absolute Gasteiger partial charge is 0.493 e. The highest BCUT2D eigenvalue weighted by molar-refractivity contribution is 5.95. The lowest BCUT2D eigenvalue weighted by Crippen LogP contribution is -2.47. The first-order valence-corrected chi connectivity index (χ1v) is 9.71. The second kappa shape index (κ2) is 8.02. The van der Waals surface area contributed by atoms with Gasteiger partial charge in [-0.05, 0) is 48.5 Å². The SMILES string of the molecule is CN1CCN(C(=O)c2ccc(CNC(=O)c3ccc4c(c3)CCO4)cc2)CC1. The van der Waals surface area contributed by atoms with Gasteiger partial charge < -0.3 is 19.9 Å². The minimum atomic E-state index is -0.104. The van der Waals surface area contributed by atoms with Gasteiger partial charge in [-0.3, -0.25) is 9.59 Å². The molecule has 0 bridgehead atoms. The van der Waals surface area contributed by atoms with E-state index in [2.05, 4.69) is 17.3 Å². The third kappa shape index (κ3) is 4.02. The molecule has 2 heterocycles. The molecule has 1 saturated heterocycles. The first-order valence-electron chi connectivity index (χ1n) is 9.71. The molecule has 0 aromatic heterocycles. The molecule has 1 fully saturated rings. The van der Waals surface area contributed by atoms with Gasteiger partial charge in [-0.2, -0.15) is 0 Å². The van der Waals surface area contributed by atoms with E-state index in [1.165, 1.54) is 0 Å². The Hall–Kier alpha value is -2.86. The first kappa shape index (κ1) is 18.5. The van der Waals surface area contributed by atoms with Crippen LogP contribution in [0.4, 0.5) is 0 Å². The van der Waals surface area contributed by atoms with Crippen molar-refractivity contribution >= 4 is 11.8 Å². The van der Waals surface area contributed by atoms with Crippen LogP contribution in [0, 0.1) is 0 Å². The molecule has 6 nitrogen and oxygen atoms in total. The van der Waals surface area contributed by atoms with E-state index in [1.54, 1.807) is 6.07 Å². The standard InChI is InChI=1S/C22H25N3O3/c1-24-9-11-25(12-10-24)22(27)17-4-2-16(3-5-17)15-23-21(26)19-6-7-20-18(14-19)8-13-28-20/h2-7,14H,8-13,15H2,1H3,(H,23,26). The second-order valence-corrected chi connectivity index (χ2v) is 7.40. The van der Waals surface area contributed by atoms with E-state index in [0.29, 0.717) is 24.3 Å². The van der Waals surface area contributed by atoms with Crippen molar-refractivity contribution in [1.82, 2.24) is 15.1 Å². The quantitative estimate of drug-likeness (QED) is 0.882. The summed E-state index contributed by atoms with van der Waals surface area (Å²) in [7, 11) is 2.07. The molecule has 2 aliphatic rings. The number of carbonyl (C=O) groups excluding carboxylic acids is 2. The van der Waals surface area contributed by atoms with E-state index in [1.807, 2.05) is 41.3 Å². The Morgan fingerprint density at radius 2 is 1.71 bits per heavy atom. The Bertz CT molecular complexity index is 871. The van der Waals surface area contributed by atoms with Crippen LogP contribution >= 0.6 is 0 Å². The number of piperazine rings is 1. The highest BCUT2D eigenvalue weighted by atomic mass is 16.5. The first-order chi connectivity index (χ1) is 13.6. The summed E-state index contributed by atoms with van der Waals surface area (Å²) in [5, 5.41) is 2.94. The summed E-state index contributed by atoms with van der Waals surface area (Å²) in [6, 6.07) is 13.0. The van der Waals surface area contributed by atoms with Crippen LogP contribution < -0.4 is 10.1 Å². The molecule has 0 unspecified atom stereocenters. The molecule has 2 aromatic carbocycles. The highest BCUT2D eigenvalue weighted by Crippen LogP contribution is 2.25. The number of nitrogens with zero attached hydrogens (tertiary/aromatic N) is 2. The summed E-state index contributed by atoms with van der Waals surface area (Å²) >= 11 is 0. The summed E-state index contributed by atoms with van der Waals surface area (Å²) < 4.78 is 5.48. The van der Waals surface area contributed by atoms with E-state index in [4.69, 9.17) is 4.74 Å². The topological polar surface area (TPSA) is 61.9 Å². The molecule has 0 saturated carbocycles. The zero-order chi connectivity index (χ0) is 19.5. The van der Waals surface area contributed by atoms with Gasteiger partial charge in [0.15, 0.2) is 0 Å². The highest BCUT2D eigenvalue weighted by Gasteiger charge is 2.20. The predicted octanol–water partition coefficient (Wildman–Crippen LogP) is 1.94.